The number of pyridine rings is 1. The summed E-state index contributed by atoms with van der Waals surface area (Å²) in [6, 6.07) is 4.88. The Hall–Kier alpha value is -2.05. The number of alkyl halides is 3. The van der Waals surface area contributed by atoms with Gasteiger partial charge >= 0.3 is 6.18 Å². The molecule has 86 valence electrons. The van der Waals surface area contributed by atoms with Gasteiger partial charge in [0.05, 0.1) is 5.70 Å². The highest BCUT2D eigenvalue weighted by Gasteiger charge is 2.35. The molecule has 16 heavy (non-hydrogen) atoms. The molecule has 1 rings (SSSR count). The third kappa shape index (κ3) is 3.26. The minimum Gasteiger partial charge on any atom is -0.396 e. The van der Waals surface area contributed by atoms with Gasteiger partial charge in [-0.15, -0.1) is 0 Å². The highest BCUT2D eigenvalue weighted by atomic mass is 19.4. The van der Waals surface area contributed by atoms with E-state index in [-0.39, 0.29) is 0 Å². The molecule has 0 amide bonds. The predicted octanol–water partition coefficient (Wildman–Crippen LogP) is 1.88. The molecule has 0 aliphatic heterocycles. The number of rotatable bonds is 3. The van der Waals surface area contributed by atoms with Gasteiger partial charge < -0.3 is 11.1 Å². The second-order valence-electron chi connectivity index (χ2n) is 2.83. The van der Waals surface area contributed by atoms with Crippen LogP contribution in [-0.2, 0) is 0 Å². The summed E-state index contributed by atoms with van der Waals surface area (Å²) >= 11 is 0. The topological polar surface area (TPSA) is 74.8 Å². The summed E-state index contributed by atoms with van der Waals surface area (Å²) in [7, 11) is 0. The molecule has 4 nitrogen and oxygen atoms in total. The van der Waals surface area contributed by atoms with Crippen molar-refractivity contribution in [3.05, 3.63) is 36.3 Å². The molecule has 1 aromatic heterocycles. The number of anilines is 1. The monoisotopic (exact) mass is 230 g/mol. The molecule has 0 spiro atoms. The summed E-state index contributed by atoms with van der Waals surface area (Å²) in [6.07, 6.45) is -2.38. The van der Waals surface area contributed by atoms with E-state index in [4.69, 9.17) is 11.1 Å². The molecular formula is C9H9F3N4. The van der Waals surface area contributed by atoms with Crippen molar-refractivity contribution in [1.82, 2.24) is 4.98 Å². The molecule has 0 bridgehead atoms. The van der Waals surface area contributed by atoms with Crippen LogP contribution in [0.15, 0.2) is 36.3 Å². The average molecular weight is 230 g/mol. The van der Waals surface area contributed by atoms with Crippen LogP contribution in [0.5, 0.6) is 0 Å². The van der Waals surface area contributed by atoms with Gasteiger partial charge in [0.15, 0.2) is 5.71 Å². The van der Waals surface area contributed by atoms with Gasteiger partial charge in [0.2, 0.25) is 0 Å². The van der Waals surface area contributed by atoms with Crippen molar-refractivity contribution < 1.29 is 13.2 Å². The van der Waals surface area contributed by atoms with Crippen molar-refractivity contribution in [2.45, 2.75) is 6.18 Å². The van der Waals surface area contributed by atoms with Crippen LogP contribution >= 0.6 is 0 Å². The average Bonchev–Trinajstić information content (AvgIpc) is 2.25. The molecule has 0 aromatic carbocycles. The molecule has 4 N–H and O–H groups in total. The molecule has 1 heterocycles. The van der Waals surface area contributed by atoms with Crippen LogP contribution in [0.4, 0.5) is 19.0 Å². The fraction of sp³-hybridized carbons (Fsp3) is 0.111. The van der Waals surface area contributed by atoms with Crippen molar-refractivity contribution in [3.63, 3.8) is 0 Å². The summed E-state index contributed by atoms with van der Waals surface area (Å²) in [5.74, 6) is 0.348. The van der Waals surface area contributed by atoms with Crippen molar-refractivity contribution in [2.75, 3.05) is 5.32 Å². The van der Waals surface area contributed by atoms with Gasteiger partial charge in [-0.3, -0.25) is 5.41 Å². The van der Waals surface area contributed by atoms with E-state index in [1.165, 1.54) is 6.20 Å². The Morgan fingerprint density at radius 2 is 2.12 bits per heavy atom. The molecule has 0 fully saturated rings. The molecule has 0 atom stereocenters. The Labute approximate surface area is 89.5 Å². The van der Waals surface area contributed by atoms with E-state index < -0.39 is 17.6 Å². The van der Waals surface area contributed by atoms with Crippen molar-refractivity contribution in [2.24, 2.45) is 5.73 Å². The van der Waals surface area contributed by atoms with Gasteiger partial charge in [0, 0.05) is 12.4 Å². The van der Waals surface area contributed by atoms with Crippen LogP contribution in [0, 0.1) is 5.41 Å². The zero-order chi connectivity index (χ0) is 12.2. The Balaban J connectivity index is 2.69. The lowest BCUT2D eigenvalue weighted by atomic mass is 10.3. The molecule has 0 aliphatic rings. The first-order chi connectivity index (χ1) is 7.41. The van der Waals surface area contributed by atoms with Gasteiger partial charge in [-0.25, -0.2) is 4.98 Å². The van der Waals surface area contributed by atoms with Gasteiger partial charge in [0.1, 0.15) is 5.82 Å². The lowest BCUT2D eigenvalue weighted by Gasteiger charge is -2.08. The molecule has 7 heteroatoms. The number of halogens is 3. The third-order valence-corrected chi connectivity index (χ3v) is 1.61. The first-order valence-corrected chi connectivity index (χ1v) is 4.20. The Kier molecular flexibility index (Phi) is 3.49. The minimum atomic E-state index is -4.74. The largest absolute Gasteiger partial charge is 0.434 e. The van der Waals surface area contributed by atoms with E-state index >= 15 is 0 Å². The first kappa shape index (κ1) is 12.0. The number of hydrogen-bond donors (Lipinski definition) is 3. The fourth-order valence-corrected chi connectivity index (χ4v) is 0.836. The minimum absolute atomic E-state index is 0.348. The number of nitrogens with two attached hydrogens (primary N) is 1. The van der Waals surface area contributed by atoms with Crippen molar-refractivity contribution in [1.29, 1.82) is 5.41 Å². The lowest BCUT2D eigenvalue weighted by Crippen LogP contribution is -2.28. The van der Waals surface area contributed by atoms with E-state index in [0.717, 1.165) is 6.20 Å². The fourth-order valence-electron chi connectivity index (χ4n) is 0.836. The summed E-state index contributed by atoms with van der Waals surface area (Å²) in [6.45, 7) is 0. The number of hydrogen-bond acceptors (Lipinski definition) is 4. The van der Waals surface area contributed by atoms with E-state index in [0.29, 0.717) is 5.82 Å². The van der Waals surface area contributed by atoms with Crippen molar-refractivity contribution in [3.8, 4) is 0 Å². The maximum Gasteiger partial charge on any atom is 0.434 e. The molecule has 0 unspecified atom stereocenters. The molecule has 0 saturated carbocycles. The smallest absolute Gasteiger partial charge is 0.396 e. The van der Waals surface area contributed by atoms with Gasteiger partial charge in [-0.1, -0.05) is 6.07 Å². The summed E-state index contributed by atoms with van der Waals surface area (Å²) in [5.41, 5.74) is 2.79. The predicted molar refractivity (Wildman–Crippen MR) is 53.9 cm³/mol. The molecule has 0 radical (unpaired) electrons. The highest BCUT2D eigenvalue weighted by molar-refractivity contribution is 6.01. The van der Waals surface area contributed by atoms with Crippen LogP contribution in [0.25, 0.3) is 0 Å². The second-order valence-corrected chi connectivity index (χ2v) is 2.83. The third-order valence-electron chi connectivity index (χ3n) is 1.61. The number of aromatic nitrogens is 1. The van der Waals surface area contributed by atoms with Gasteiger partial charge in [0.25, 0.3) is 0 Å². The van der Waals surface area contributed by atoms with E-state index in [9.17, 15) is 13.2 Å². The Morgan fingerprint density at radius 3 is 2.62 bits per heavy atom. The lowest BCUT2D eigenvalue weighted by molar-refractivity contribution is -0.0590. The van der Waals surface area contributed by atoms with Crippen LogP contribution in [0.3, 0.4) is 0 Å². The standard InChI is InChI=1S/C9H9F3N4/c10-9(11,12)8(14)6(13)5-16-7-3-1-2-4-15-7/h1-5,14H,13H2,(H,15,16)/b6-5+,14-8?. The zero-order valence-electron chi connectivity index (χ0n) is 8.05. The van der Waals surface area contributed by atoms with Crippen LogP contribution in [-0.4, -0.2) is 16.9 Å². The number of nitrogens with one attached hydrogen (secondary N) is 2. The van der Waals surface area contributed by atoms with Crippen LogP contribution < -0.4 is 11.1 Å². The van der Waals surface area contributed by atoms with Crippen LogP contribution in [0.1, 0.15) is 0 Å². The molecule has 0 aliphatic carbocycles. The quantitative estimate of drug-likeness (QED) is 0.694. The van der Waals surface area contributed by atoms with E-state index in [2.05, 4.69) is 10.3 Å². The van der Waals surface area contributed by atoms with Gasteiger partial charge in [-0.05, 0) is 12.1 Å². The maximum absolute atomic E-state index is 12.0. The first-order valence-electron chi connectivity index (χ1n) is 4.20. The SMILES string of the molecule is N=C(/C(N)=C\Nc1ccccn1)C(F)(F)F. The van der Waals surface area contributed by atoms with Gasteiger partial charge in [-0.2, -0.15) is 13.2 Å². The van der Waals surface area contributed by atoms with E-state index in [1.54, 1.807) is 18.2 Å². The number of allylic oxidation sites excluding steroid dienone is 1. The Bertz CT molecular complexity index is 397. The van der Waals surface area contributed by atoms with Crippen molar-refractivity contribution >= 4 is 11.5 Å². The highest BCUT2D eigenvalue weighted by Crippen LogP contribution is 2.18. The molecule has 0 saturated heterocycles. The van der Waals surface area contributed by atoms with E-state index in [1.807, 2.05) is 0 Å². The Morgan fingerprint density at radius 1 is 1.44 bits per heavy atom. The number of nitrogens with zero attached hydrogens (tertiary/aromatic N) is 1. The van der Waals surface area contributed by atoms with Crippen LogP contribution in [0.2, 0.25) is 0 Å². The summed E-state index contributed by atoms with van der Waals surface area (Å²) < 4.78 is 36.1. The molecule has 1 aromatic rings. The molecular weight excluding hydrogens is 221 g/mol. The maximum atomic E-state index is 12.0. The normalized spacial score (nSPS) is 12.3. The zero-order valence-corrected chi connectivity index (χ0v) is 8.05. The second kappa shape index (κ2) is 4.65. The summed E-state index contributed by atoms with van der Waals surface area (Å²) in [5, 5.41) is 9.19. The summed E-state index contributed by atoms with van der Waals surface area (Å²) in [4.78, 5) is 3.81.